The van der Waals surface area contributed by atoms with Crippen LogP contribution in [0.1, 0.15) is 6.92 Å². The molecule has 58 valence electrons. The Balaban J connectivity index is 2.19. The normalized spacial score (nSPS) is 20.9. The fourth-order valence-electron chi connectivity index (χ4n) is 1.07. The van der Waals surface area contributed by atoms with Crippen LogP contribution in [0.4, 0.5) is 0 Å². The molecule has 0 N–H and O–H groups in total. The summed E-state index contributed by atoms with van der Waals surface area (Å²) in [6.45, 7) is 5.55. The molecule has 1 aliphatic rings. The SMILES string of the molecule is C[13C](=[18O])CN1CCOCC1. The van der Waals surface area contributed by atoms with E-state index in [1.807, 2.05) is 0 Å². The van der Waals surface area contributed by atoms with Crippen molar-refractivity contribution in [1.29, 1.82) is 0 Å². The number of hydrogen-bond acceptors (Lipinski definition) is 3. The van der Waals surface area contributed by atoms with Gasteiger partial charge >= 0.3 is 0 Å². The van der Waals surface area contributed by atoms with Gasteiger partial charge in [0.2, 0.25) is 0 Å². The van der Waals surface area contributed by atoms with Crippen molar-refractivity contribution in [2.45, 2.75) is 6.92 Å². The zero-order chi connectivity index (χ0) is 7.40. The predicted molar refractivity (Wildman–Crippen MR) is 37.9 cm³/mol. The van der Waals surface area contributed by atoms with Gasteiger partial charge in [0, 0.05) is 13.1 Å². The minimum absolute atomic E-state index is 0.238. The first-order valence-electron chi connectivity index (χ1n) is 3.58. The fraction of sp³-hybridized carbons (Fsp3) is 0.857. The minimum atomic E-state index is 0.238. The van der Waals surface area contributed by atoms with Crippen molar-refractivity contribution in [3.8, 4) is 0 Å². The third-order valence-corrected chi connectivity index (χ3v) is 1.55. The summed E-state index contributed by atoms with van der Waals surface area (Å²) < 4.78 is 5.13. The highest BCUT2D eigenvalue weighted by Crippen LogP contribution is 1.95. The van der Waals surface area contributed by atoms with E-state index in [0.717, 1.165) is 26.3 Å². The molecule has 1 aliphatic heterocycles. The van der Waals surface area contributed by atoms with E-state index in [1.54, 1.807) is 6.92 Å². The molecule has 0 aromatic carbocycles. The number of rotatable bonds is 2. The van der Waals surface area contributed by atoms with E-state index in [1.165, 1.54) is 0 Å². The zero-order valence-electron chi connectivity index (χ0n) is 6.30. The van der Waals surface area contributed by atoms with Gasteiger partial charge in [0.25, 0.3) is 0 Å². The molecule has 0 unspecified atom stereocenters. The number of hydrogen-bond donors (Lipinski definition) is 0. The molecule has 3 nitrogen and oxygen atoms in total. The first kappa shape index (κ1) is 7.69. The van der Waals surface area contributed by atoms with Crippen LogP contribution in [0.15, 0.2) is 0 Å². The van der Waals surface area contributed by atoms with Gasteiger partial charge in [0.1, 0.15) is 5.78 Å². The number of ketones is 1. The molecule has 0 amide bonds. The molecule has 0 aliphatic carbocycles. The summed E-state index contributed by atoms with van der Waals surface area (Å²) in [4.78, 5) is 12.7. The van der Waals surface area contributed by atoms with Crippen molar-refractivity contribution in [2.75, 3.05) is 32.8 Å². The maximum absolute atomic E-state index is 10.6. The Hall–Kier alpha value is -0.410. The van der Waals surface area contributed by atoms with Crippen molar-refractivity contribution in [2.24, 2.45) is 0 Å². The average molecular weight is 146 g/mol. The lowest BCUT2D eigenvalue weighted by Gasteiger charge is -2.25. The monoisotopic (exact) mass is 146 g/mol. The fourth-order valence-corrected chi connectivity index (χ4v) is 1.07. The van der Waals surface area contributed by atoms with Gasteiger partial charge in [-0.1, -0.05) is 0 Å². The Kier molecular flexibility index (Phi) is 2.83. The van der Waals surface area contributed by atoms with E-state index in [2.05, 4.69) is 4.90 Å². The zero-order valence-corrected chi connectivity index (χ0v) is 6.30. The first-order chi connectivity index (χ1) is 4.79. The highest BCUT2D eigenvalue weighted by atomic mass is 18.1. The summed E-state index contributed by atoms with van der Waals surface area (Å²) >= 11 is 0. The van der Waals surface area contributed by atoms with Crippen molar-refractivity contribution in [1.82, 2.24) is 4.90 Å². The van der Waals surface area contributed by atoms with Crippen LogP contribution in [0.25, 0.3) is 0 Å². The van der Waals surface area contributed by atoms with Crippen LogP contribution in [-0.2, 0) is 9.53 Å². The molecule has 10 heavy (non-hydrogen) atoms. The standard InChI is InChI=1S/C7H13NO2/c1-7(9)6-8-2-4-10-5-3-8/h2-6H2,1H3/i7+1,9+2. The highest BCUT2D eigenvalue weighted by Gasteiger charge is 2.10. The van der Waals surface area contributed by atoms with Crippen molar-refractivity contribution in [3.63, 3.8) is 0 Å². The van der Waals surface area contributed by atoms with Gasteiger partial charge in [-0.3, -0.25) is 9.69 Å². The number of Topliss-reactive ketones (excluding diaryl/α,β-unsaturated/α-hetero) is 1. The number of morpholine rings is 1. The summed E-state index contributed by atoms with van der Waals surface area (Å²) in [5.74, 6) is 0.238. The Morgan fingerprint density at radius 1 is 1.50 bits per heavy atom. The number of carbonyl (C=O) groups excluding carboxylic acids is 1. The molecule has 1 heterocycles. The summed E-state index contributed by atoms with van der Waals surface area (Å²) in [7, 11) is 0. The van der Waals surface area contributed by atoms with Gasteiger partial charge in [0.15, 0.2) is 0 Å². The molecular weight excluding hydrogens is 133 g/mol. The van der Waals surface area contributed by atoms with E-state index in [4.69, 9.17) is 4.74 Å². The topological polar surface area (TPSA) is 29.5 Å². The van der Waals surface area contributed by atoms with Crippen LogP contribution in [0.3, 0.4) is 0 Å². The largest absolute Gasteiger partial charge is 0.379 e. The van der Waals surface area contributed by atoms with E-state index in [-0.39, 0.29) is 5.78 Å². The third-order valence-electron chi connectivity index (χ3n) is 1.55. The Morgan fingerprint density at radius 2 is 2.10 bits per heavy atom. The maximum atomic E-state index is 10.6. The average Bonchev–Trinajstić information content (AvgIpc) is 1.88. The molecule has 0 atom stereocenters. The van der Waals surface area contributed by atoms with Crippen molar-refractivity contribution in [3.05, 3.63) is 0 Å². The highest BCUT2D eigenvalue weighted by molar-refractivity contribution is 5.77. The van der Waals surface area contributed by atoms with Crippen molar-refractivity contribution >= 4 is 5.78 Å². The van der Waals surface area contributed by atoms with Gasteiger partial charge in [-0.15, -0.1) is 0 Å². The minimum Gasteiger partial charge on any atom is -0.379 e. The quantitative estimate of drug-likeness (QED) is 0.402. The number of carbonyl (C=O) groups is 1. The second-order valence-corrected chi connectivity index (χ2v) is 2.59. The van der Waals surface area contributed by atoms with Crippen LogP contribution in [-0.4, -0.2) is 43.5 Å². The summed E-state index contributed by atoms with van der Waals surface area (Å²) in [6.07, 6.45) is 0. The molecule has 1 saturated heterocycles. The maximum Gasteiger partial charge on any atom is 0.143 e. The molecule has 3 heteroatoms. The predicted octanol–water partition coefficient (Wildman–Crippen LogP) is -0.0924. The van der Waals surface area contributed by atoms with Gasteiger partial charge in [-0.05, 0) is 6.92 Å². The van der Waals surface area contributed by atoms with Crippen LogP contribution in [0.2, 0.25) is 0 Å². The van der Waals surface area contributed by atoms with Crippen LogP contribution in [0.5, 0.6) is 0 Å². The van der Waals surface area contributed by atoms with E-state index in [0.29, 0.717) is 6.54 Å². The lowest BCUT2D eigenvalue weighted by molar-refractivity contribution is -0.119. The second-order valence-electron chi connectivity index (χ2n) is 2.59. The molecule has 0 bridgehead atoms. The molecule has 0 aromatic rings. The van der Waals surface area contributed by atoms with E-state index < -0.39 is 0 Å². The smallest absolute Gasteiger partial charge is 0.143 e. The Morgan fingerprint density at radius 3 is 2.60 bits per heavy atom. The molecule has 0 aromatic heterocycles. The van der Waals surface area contributed by atoms with E-state index in [9.17, 15) is 4.79 Å². The van der Waals surface area contributed by atoms with Gasteiger partial charge in [-0.25, -0.2) is 0 Å². The molecule has 1 rings (SSSR count). The molecule has 0 radical (unpaired) electrons. The Labute approximate surface area is 61.0 Å². The van der Waals surface area contributed by atoms with Crippen molar-refractivity contribution < 1.29 is 9.53 Å². The molecule has 0 spiro atoms. The van der Waals surface area contributed by atoms with E-state index >= 15 is 0 Å². The van der Waals surface area contributed by atoms with Crippen LogP contribution >= 0.6 is 0 Å². The second kappa shape index (κ2) is 3.68. The van der Waals surface area contributed by atoms with Gasteiger partial charge in [-0.2, -0.15) is 0 Å². The molecule has 1 fully saturated rings. The summed E-state index contributed by atoms with van der Waals surface area (Å²) in [5.41, 5.74) is 0. The van der Waals surface area contributed by atoms with Gasteiger partial charge in [0.05, 0.1) is 19.8 Å². The first-order valence-corrected chi connectivity index (χ1v) is 3.58. The lowest BCUT2D eigenvalue weighted by Crippen LogP contribution is -2.38. The third kappa shape index (κ3) is 2.45. The Bertz CT molecular complexity index is 119. The van der Waals surface area contributed by atoms with Crippen LogP contribution < -0.4 is 0 Å². The molecular formula is C7H13NO2. The summed E-state index contributed by atoms with van der Waals surface area (Å²) in [6, 6.07) is 0. The molecule has 0 saturated carbocycles. The van der Waals surface area contributed by atoms with Crippen LogP contribution in [0, 0.1) is 0 Å². The number of ether oxygens (including phenoxy) is 1. The lowest BCUT2D eigenvalue weighted by atomic mass is 10.4. The van der Waals surface area contributed by atoms with Gasteiger partial charge < -0.3 is 4.74 Å². The number of nitrogens with zero attached hydrogens (tertiary/aromatic N) is 1. The summed E-state index contributed by atoms with van der Waals surface area (Å²) in [5, 5.41) is 0.